The van der Waals surface area contributed by atoms with Crippen LogP contribution in [0.2, 0.25) is 0 Å². The molecule has 4 heteroatoms. The van der Waals surface area contributed by atoms with Crippen LogP contribution >= 0.6 is 0 Å². The Hall–Kier alpha value is -0.610. The van der Waals surface area contributed by atoms with E-state index in [9.17, 15) is 4.79 Å². The zero-order valence-electron chi connectivity index (χ0n) is 8.21. The van der Waals surface area contributed by atoms with E-state index in [0.717, 1.165) is 19.5 Å². The number of ether oxygens (including phenoxy) is 2. The third-order valence-electron chi connectivity index (χ3n) is 2.52. The Morgan fingerprint density at radius 1 is 1.62 bits per heavy atom. The topological polar surface area (TPSA) is 47.6 Å². The number of nitrogens with one attached hydrogen (secondary N) is 1. The van der Waals surface area contributed by atoms with Gasteiger partial charge in [-0.2, -0.15) is 0 Å². The second kappa shape index (κ2) is 5.19. The van der Waals surface area contributed by atoms with Crippen LogP contribution in [0.3, 0.4) is 0 Å². The van der Waals surface area contributed by atoms with E-state index in [0.29, 0.717) is 12.5 Å². The third-order valence-corrected chi connectivity index (χ3v) is 2.52. The molecule has 1 saturated heterocycles. The Bertz CT molecular complexity index is 166. The van der Waals surface area contributed by atoms with Crippen molar-refractivity contribution in [3.05, 3.63) is 0 Å². The second-order valence-electron chi connectivity index (χ2n) is 3.34. The van der Waals surface area contributed by atoms with Crippen molar-refractivity contribution >= 4 is 5.97 Å². The average Bonchev–Trinajstić information content (AvgIpc) is 2.65. The van der Waals surface area contributed by atoms with E-state index in [-0.39, 0.29) is 11.9 Å². The SMILES string of the molecule is COCC(C(=O)OC)C1CCNC1. The monoisotopic (exact) mass is 187 g/mol. The van der Waals surface area contributed by atoms with Gasteiger partial charge in [0, 0.05) is 7.11 Å². The van der Waals surface area contributed by atoms with Crippen LogP contribution in [-0.4, -0.2) is 39.9 Å². The predicted molar refractivity (Wildman–Crippen MR) is 48.4 cm³/mol. The molecule has 1 heterocycles. The summed E-state index contributed by atoms with van der Waals surface area (Å²) in [5.74, 6) is 0.105. The van der Waals surface area contributed by atoms with Gasteiger partial charge in [-0.25, -0.2) is 0 Å². The van der Waals surface area contributed by atoms with E-state index in [4.69, 9.17) is 9.47 Å². The fourth-order valence-electron chi connectivity index (χ4n) is 1.75. The summed E-state index contributed by atoms with van der Waals surface area (Å²) in [6, 6.07) is 0. The molecule has 0 aromatic heterocycles. The Kier molecular flexibility index (Phi) is 4.18. The number of methoxy groups -OCH3 is 2. The highest BCUT2D eigenvalue weighted by atomic mass is 16.5. The smallest absolute Gasteiger partial charge is 0.311 e. The molecular formula is C9H17NO3. The van der Waals surface area contributed by atoms with E-state index >= 15 is 0 Å². The van der Waals surface area contributed by atoms with E-state index in [2.05, 4.69) is 5.32 Å². The van der Waals surface area contributed by atoms with Gasteiger partial charge in [-0.05, 0) is 25.4 Å². The van der Waals surface area contributed by atoms with E-state index < -0.39 is 0 Å². The summed E-state index contributed by atoms with van der Waals surface area (Å²) >= 11 is 0. The fourth-order valence-corrected chi connectivity index (χ4v) is 1.75. The van der Waals surface area contributed by atoms with Crippen LogP contribution in [0.4, 0.5) is 0 Å². The molecule has 0 bridgehead atoms. The number of rotatable bonds is 4. The molecule has 0 radical (unpaired) electrons. The molecule has 0 aromatic rings. The van der Waals surface area contributed by atoms with E-state index in [1.807, 2.05) is 0 Å². The summed E-state index contributed by atoms with van der Waals surface area (Å²) in [6.45, 7) is 2.34. The Labute approximate surface area is 78.6 Å². The van der Waals surface area contributed by atoms with Crippen LogP contribution in [0.5, 0.6) is 0 Å². The summed E-state index contributed by atoms with van der Waals surface area (Å²) in [5.41, 5.74) is 0. The molecule has 1 aliphatic rings. The maximum atomic E-state index is 11.4. The van der Waals surface area contributed by atoms with Crippen molar-refractivity contribution in [3.8, 4) is 0 Å². The summed E-state index contributed by atoms with van der Waals surface area (Å²) in [6.07, 6.45) is 1.03. The average molecular weight is 187 g/mol. The predicted octanol–water partition coefficient (Wildman–Crippen LogP) is 0.0315. The van der Waals surface area contributed by atoms with Gasteiger partial charge in [-0.3, -0.25) is 4.79 Å². The Morgan fingerprint density at radius 2 is 2.38 bits per heavy atom. The van der Waals surface area contributed by atoms with Gasteiger partial charge in [-0.15, -0.1) is 0 Å². The summed E-state index contributed by atoms with van der Waals surface area (Å²) < 4.78 is 9.74. The molecule has 0 spiro atoms. The summed E-state index contributed by atoms with van der Waals surface area (Å²) in [4.78, 5) is 11.4. The van der Waals surface area contributed by atoms with Gasteiger partial charge < -0.3 is 14.8 Å². The molecule has 2 atom stereocenters. The lowest BCUT2D eigenvalue weighted by Crippen LogP contribution is -2.30. The zero-order valence-corrected chi connectivity index (χ0v) is 8.21. The number of carbonyl (C=O) groups excluding carboxylic acids is 1. The number of esters is 1. The van der Waals surface area contributed by atoms with Crippen LogP contribution in [0.25, 0.3) is 0 Å². The highest BCUT2D eigenvalue weighted by Crippen LogP contribution is 2.20. The normalized spacial score (nSPS) is 24.3. The van der Waals surface area contributed by atoms with Gasteiger partial charge in [0.1, 0.15) is 0 Å². The maximum Gasteiger partial charge on any atom is 0.311 e. The molecule has 0 aliphatic carbocycles. The number of carbonyl (C=O) groups is 1. The molecule has 0 saturated carbocycles. The van der Waals surface area contributed by atoms with Crippen molar-refractivity contribution in [2.75, 3.05) is 33.9 Å². The molecule has 1 fully saturated rings. The molecule has 13 heavy (non-hydrogen) atoms. The molecule has 76 valence electrons. The lowest BCUT2D eigenvalue weighted by Gasteiger charge is -2.19. The van der Waals surface area contributed by atoms with Crippen LogP contribution in [0.1, 0.15) is 6.42 Å². The van der Waals surface area contributed by atoms with Gasteiger partial charge in [-0.1, -0.05) is 0 Å². The number of hydrogen-bond donors (Lipinski definition) is 1. The van der Waals surface area contributed by atoms with Crippen molar-refractivity contribution < 1.29 is 14.3 Å². The second-order valence-corrected chi connectivity index (χ2v) is 3.34. The highest BCUT2D eigenvalue weighted by Gasteiger charge is 2.31. The first-order valence-electron chi connectivity index (χ1n) is 4.57. The van der Waals surface area contributed by atoms with Crippen molar-refractivity contribution in [2.24, 2.45) is 11.8 Å². The fraction of sp³-hybridized carbons (Fsp3) is 0.889. The van der Waals surface area contributed by atoms with Gasteiger partial charge in [0.2, 0.25) is 0 Å². The van der Waals surface area contributed by atoms with Crippen molar-refractivity contribution in [2.45, 2.75) is 6.42 Å². The zero-order chi connectivity index (χ0) is 9.68. The molecular weight excluding hydrogens is 170 g/mol. The van der Waals surface area contributed by atoms with E-state index in [1.165, 1.54) is 7.11 Å². The first-order valence-corrected chi connectivity index (χ1v) is 4.57. The quantitative estimate of drug-likeness (QED) is 0.631. The van der Waals surface area contributed by atoms with Crippen LogP contribution in [-0.2, 0) is 14.3 Å². The molecule has 2 unspecified atom stereocenters. The lowest BCUT2D eigenvalue weighted by atomic mass is 9.92. The Morgan fingerprint density at radius 3 is 2.85 bits per heavy atom. The van der Waals surface area contributed by atoms with E-state index in [1.54, 1.807) is 7.11 Å². The molecule has 4 nitrogen and oxygen atoms in total. The molecule has 1 N–H and O–H groups in total. The third kappa shape index (κ3) is 2.67. The standard InChI is InChI=1S/C9H17NO3/c1-12-6-8(9(11)13-2)7-3-4-10-5-7/h7-8,10H,3-6H2,1-2H3. The molecule has 1 aliphatic heterocycles. The molecule has 0 amide bonds. The minimum Gasteiger partial charge on any atom is -0.469 e. The van der Waals surface area contributed by atoms with Gasteiger partial charge in [0.25, 0.3) is 0 Å². The minimum absolute atomic E-state index is 0.106. The number of hydrogen-bond acceptors (Lipinski definition) is 4. The summed E-state index contributed by atoms with van der Waals surface area (Å²) in [5, 5.41) is 3.23. The minimum atomic E-state index is -0.157. The first-order chi connectivity index (χ1) is 6.29. The lowest BCUT2D eigenvalue weighted by molar-refractivity contribution is -0.149. The first kappa shape index (κ1) is 10.5. The largest absolute Gasteiger partial charge is 0.469 e. The molecule has 1 rings (SSSR count). The molecule has 0 aromatic carbocycles. The van der Waals surface area contributed by atoms with Crippen molar-refractivity contribution in [1.29, 1.82) is 0 Å². The maximum absolute atomic E-state index is 11.4. The Balaban J connectivity index is 2.49. The highest BCUT2D eigenvalue weighted by molar-refractivity contribution is 5.72. The van der Waals surface area contributed by atoms with Crippen molar-refractivity contribution in [3.63, 3.8) is 0 Å². The van der Waals surface area contributed by atoms with Crippen molar-refractivity contribution in [1.82, 2.24) is 5.32 Å². The van der Waals surface area contributed by atoms with Crippen LogP contribution in [0.15, 0.2) is 0 Å². The van der Waals surface area contributed by atoms with Gasteiger partial charge >= 0.3 is 5.97 Å². The van der Waals surface area contributed by atoms with Gasteiger partial charge in [0.15, 0.2) is 0 Å². The van der Waals surface area contributed by atoms with Gasteiger partial charge in [0.05, 0.1) is 19.6 Å². The van der Waals surface area contributed by atoms with Crippen LogP contribution in [0, 0.1) is 11.8 Å². The summed E-state index contributed by atoms with van der Waals surface area (Å²) in [7, 11) is 3.03. The van der Waals surface area contributed by atoms with Crippen LogP contribution < -0.4 is 5.32 Å².